The molecule has 0 radical (unpaired) electrons. The Morgan fingerprint density at radius 2 is 1.14 bits per heavy atom. The summed E-state index contributed by atoms with van der Waals surface area (Å²) in [7, 11) is 0. The molecule has 0 saturated carbocycles. The average molecular weight is 198 g/mol. The number of fused-ring (bicyclic) bond motifs is 1. The molecule has 2 heterocycles. The number of hydrogen-bond donors (Lipinski definition) is 0. The summed E-state index contributed by atoms with van der Waals surface area (Å²) in [5.74, 6) is 2.58. The molecule has 82 valence electrons. The maximum atomic E-state index is 5.90. The summed E-state index contributed by atoms with van der Waals surface area (Å²) in [6.45, 7) is 10.9. The van der Waals surface area contributed by atoms with Gasteiger partial charge in [0.15, 0.2) is 0 Å². The molecule has 0 unspecified atom stereocenters. The molecule has 2 aliphatic rings. The van der Waals surface area contributed by atoms with Crippen LogP contribution in [0, 0.1) is 23.7 Å². The van der Waals surface area contributed by atoms with E-state index in [1.807, 2.05) is 0 Å². The van der Waals surface area contributed by atoms with Gasteiger partial charge in [0.1, 0.15) is 0 Å². The van der Waals surface area contributed by atoms with Crippen LogP contribution in [0.1, 0.15) is 27.7 Å². The minimum Gasteiger partial charge on any atom is -0.375 e. The molecule has 4 atom stereocenters. The molecule has 0 N–H and O–H groups in total. The van der Waals surface area contributed by atoms with Gasteiger partial charge >= 0.3 is 0 Å². The lowest BCUT2D eigenvalue weighted by Crippen LogP contribution is -2.30. The molecular formula is C12H22O2. The summed E-state index contributed by atoms with van der Waals surface area (Å²) < 4.78 is 11.8. The molecule has 0 amide bonds. The topological polar surface area (TPSA) is 18.5 Å². The van der Waals surface area contributed by atoms with E-state index in [0.29, 0.717) is 35.9 Å². The highest BCUT2D eigenvalue weighted by Crippen LogP contribution is 2.40. The Morgan fingerprint density at radius 1 is 0.786 bits per heavy atom. The van der Waals surface area contributed by atoms with Crippen LogP contribution in [0.25, 0.3) is 0 Å². The Kier molecular flexibility index (Phi) is 2.85. The smallest absolute Gasteiger partial charge is 0.0893 e. The summed E-state index contributed by atoms with van der Waals surface area (Å²) >= 11 is 0. The molecule has 2 nitrogen and oxygen atoms in total. The van der Waals surface area contributed by atoms with Crippen molar-refractivity contribution in [2.75, 3.05) is 13.2 Å². The maximum absolute atomic E-state index is 5.90. The summed E-state index contributed by atoms with van der Waals surface area (Å²) in [5, 5.41) is 0. The van der Waals surface area contributed by atoms with Crippen molar-refractivity contribution in [1.82, 2.24) is 0 Å². The van der Waals surface area contributed by atoms with E-state index in [0.717, 1.165) is 13.2 Å². The molecule has 2 heteroatoms. The van der Waals surface area contributed by atoms with E-state index < -0.39 is 0 Å². The molecule has 0 spiro atoms. The van der Waals surface area contributed by atoms with Crippen LogP contribution in [-0.4, -0.2) is 25.4 Å². The molecule has 2 fully saturated rings. The quantitative estimate of drug-likeness (QED) is 0.678. The second-order valence-electron chi connectivity index (χ2n) is 5.41. The summed E-state index contributed by atoms with van der Waals surface area (Å²) in [4.78, 5) is 0. The molecule has 0 aromatic rings. The second-order valence-corrected chi connectivity index (χ2v) is 5.41. The van der Waals surface area contributed by atoms with Gasteiger partial charge in [-0.15, -0.1) is 0 Å². The SMILES string of the molecule is CC(C)[C@@H]1CO[C@H]2[C@@H]1OC[C@H]2C(C)C. The Bertz CT molecular complexity index is 178. The fourth-order valence-electron chi connectivity index (χ4n) is 2.70. The van der Waals surface area contributed by atoms with Crippen molar-refractivity contribution in [2.24, 2.45) is 23.7 Å². The van der Waals surface area contributed by atoms with Crippen molar-refractivity contribution in [2.45, 2.75) is 39.9 Å². The van der Waals surface area contributed by atoms with Gasteiger partial charge in [0.05, 0.1) is 25.4 Å². The maximum Gasteiger partial charge on any atom is 0.0893 e. The van der Waals surface area contributed by atoms with Crippen molar-refractivity contribution >= 4 is 0 Å². The molecule has 0 aliphatic carbocycles. The summed E-state index contributed by atoms with van der Waals surface area (Å²) in [6, 6.07) is 0. The lowest BCUT2D eigenvalue weighted by atomic mass is 9.85. The first kappa shape index (κ1) is 10.4. The predicted octanol–water partition coefficient (Wildman–Crippen LogP) is 2.33. The fraction of sp³-hybridized carbons (Fsp3) is 1.00. The van der Waals surface area contributed by atoms with E-state index in [1.54, 1.807) is 0 Å². The fourth-order valence-corrected chi connectivity index (χ4v) is 2.70. The van der Waals surface area contributed by atoms with Gasteiger partial charge in [-0.1, -0.05) is 27.7 Å². The van der Waals surface area contributed by atoms with Crippen LogP contribution in [0.3, 0.4) is 0 Å². The van der Waals surface area contributed by atoms with E-state index in [9.17, 15) is 0 Å². The minimum absolute atomic E-state index is 0.377. The minimum atomic E-state index is 0.377. The van der Waals surface area contributed by atoms with Crippen LogP contribution in [0.15, 0.2) is 0 Å². The molecular weight excluding hydrogens is 176 g/mol. The summed E-state index contributed by atoms with van der Waals surface area (Å²) in [5.41, 5.74) is 0. The molecule has 2 saturated heterocycles. The largest absolute Gasteiger partial charge is 0.375 e. The second kappa shape index (κ2) is 3.82. The lowest BCUT2D eigenvalue weighted by Gasteiger charge is -2.20. The first-order valence-corrected chi connectivity index (χ1v) is 5.84. The Morgan fingerprint density at radius 3 is 1.43 bits per heavy atom. The van der Waals surface area contributed by atoms with Gasteiger partial charge in [0, 0.05) is 11.8 Å². The first-order chi connectivity index (χ1) is 6.61. The standard InChI is InChI=1S/C12H22O2/c1-7(2)9-5-13-12-10(8(3)4)6-14-11(9)12/h7-12H,5-6H2,1-4H3/t9-,10-,11+,12+/m0/s1. The number of rotatable bonds is 2. The van der Waals surface area contributed by atoms with Crippen LogP contribution in [0.2, 0.25) is 0 Å². The Balaban J connectivity index is 2.04. The van der Waals surface area contributed by atoms with Gasteiger partial charge in [0.2, 0.25) is 0 Å². The van der Waals surface area contributed by atoms with Crippen molar-refractivity contribution in [3.8, 4) is 0 Å². The predicted molar refractivity (Wildman–Crippen MR) is 56.1 cm³/mol. The molecule has 0 bridgehead atoms. The number of ether oxygens (including phenoxy) is 2. The van der Waals surface area contributed by atoms with Crippen LogP contribution in [0.4, 0.5) is 0 Å². The highest BCUT2D eigenvalue weighted by molar-refractivity contribution is 4.95. The van der Waals surface area contributed by atoms with Crippen molar-refractivity contribution in [1.29, 1.82) is 0 Å². The average Bonchev–Trinajstić information content (AvgIpc) is 2.59. The third-order valence-corrected chi connectivity index (χ3v) is 3.84. The van der Waals surface area contributed by atoms with Gasteiger partial charge in [0.25, 0.3) is 0 Å². The highest BCUT2D eigenvalue weighted by atomic mass is 16.6. The molecule has 2 rings (SSSR count). The normalized spacial score (nSPS) is 42.4. The van der Waals surface area contributed by atoms with E-state index in [2.05, 4.69) is 27.7 Å². The van der Waals surface area contributed by atoms with Crippen molar-refractivity contribution < 1.29 is 9.47 Å². The third kappa shape index (κ3) is 1.59. The monoisotopic (exact) mass is 198 g/mol. The molecule has 0 aromatic carbocycles. The summed E-state index contributed by atoms with van der Waals surface area (Å²) in [6.07, 6.45) is 0.754. The van der Waals surface area contributed by atoms with Crippen LogP contribution >= 0.6 is 0 Å². The highest BCUT2D eigenvalue weighted by Gasteiger charge is 2.48. The Hall–Kier alpha value is -0.0800. The zero-order chi connectivity index (χ0) is 10.3. The van der Waals surface area contributed by atoms with E-state index in [-0.39, 0.29) is 0 Å². The first-order valence-electron chi connectivity index (χ1n) is 5.84. The molecule has 2 aliphatic heterocycles. The van der Waals surface area contributed by atoms with Crippen LogP contribution in [0.5, 0.6) is 0 Å². The molecule has 14 heavy (non-hydrogen) atoms. The lowest BCUT2D eigenvalue weighted by molar-refractivity contribution is 0.0537. The van der Waals surface area contributed by atoms with E-state index in [1.165, 1.54) is 0 Å². The zero-order valence-corrected chi connectivity index (χ0v) is 9.69. The molecule has 0 aromatic heterocycles. The van der Waals surface area contributed by atoms with Gasteiger partial charge in [-0.05, 0) is 11.8 Å². The van der Waals surface area contributed by atoms with Crippen LogP contribution < -0.4 is 0 Å². The van der Waals surface area contributed by atoms with Gasteiger partial charge in [-0.3, -0.25) is 0 Å². The van der Waals surface area contributed by atoms with Gasteiger partial charge in [-0.25, -0.2) is 0 Å². The van der Waals surface area contributed by atoms with E-state index in [4.69, 9.17) is 9.47 Å². The Labute approximate surface area is 87.0 Å². The number of hydrogen-bond acceptors (Lipinski definition) is 2. The van der Waals surface area contributed by atoms with Crippen LogP contribution in [-0.2, 0) is 9.47 Å². The zero-order valence-electron chi connectivity index (χ0n) is 9.69. The van der Waals surface area contributed by atoms with E-state index >= 15 is 0 Å². The van der Waals surface area contributed by atoms with Gasteiger partial charge in [-0.2, -0.15) is 0 Å². The van der Waals surface area contributed by atoms with Crippen molar-refractivity contribution in [3.63, 3.8) is 0 Å². The van der Waals surface area contributed by atoms with Gasteiger partial charge < -0.3 is 9.47 Å². The third-order valence-electron chi connectivity index (χ3n) is 3.84. The van der Waals surface area contributed by atoms with Crippen molar-refractivity contribution in [3.05, 3.63) is 0 Å².